The summed E-state index contributed by atoms with van der Waals surface area (Å²) in [6, 6.07) is 9.26. The summed E-state index contributed by atoms with van der Waals surface area (Å²) >= 11 is 2.52. The molecule has 0 saturated carbocycles. The van der Waals surface area contributed by atoms with Crippen molar-refractivity contribution in [2.75, 3.05) is 7.11 Å². The van der Waals surface area contributed by atoms with Crippen LogP contribution in [0.3, 0.4) is 0 Å². The average Bonchev–Trinajstić information content (AvgIpc) is 3.34. The monoisotopic (exact) mass is 454 g/mol. The number of carbonyl (C=O) groups excluding carboxylic acids is 1. The number of primary amides is 1. The van der Waals surface area contributed by atoms with Crippen LogP contribution in [0, 0.1) is 6.92 Å². The minimum atomic E-state index is -0.659. The van der Waals surface area contributed by atoms with E-state index in [9.17, 15) is 4.79 Å². The lowest BCUT2D eigenvalue weighted by Gasteiger charge is -2.08. The van der Waals surface area contributed by atoms with Gasteiger partial charge in [-0.2, -0.15) is 5.10 Å². The molecular formula is C19H18N8O2S2. The Morgan fingerprint density at radius 1 is 1.13 bits per heavy atom. The van der Waals surface area contributed by atoms with E-state index in [0.29, 0.717) is 26.9 Å². The van der Waals surface area contributed by atoms with Crippen molar-refractivity contribution >= 4 is 29.4 Å². The van der Waals surface area contributed by atoms with Crippen LogP contribution in [0.4, 0.5) is 0 Å². The van der Waals surface area contributed by atoms with Crippen molar-refractivity contribution < 1.29 is 9.53 Å². The number of benzene rings is 1. The van der Waals surface area contributed by atoms with E-state index >= 15 is 0 Å². The second-order valence-electron chi connectivity index (χ2n) is 6.32. The molecule has 3 aromatic heterocycles. The quantitative estimate of drug-likeness (QED) is 0.448. The van der Waals surface area contributed by atoms with Gasteiger partial charge in [-0.1, -0.05) is 11.8 Å². The highest BCUT2D eigenvalue weighted by molar-refractivity contribution is 7.99. The number of nitrogens with zero attached hydrogens (tertiary/aromatic N) is 7. The SMILES string of the molecule is COc1ccc(Sc2ncc(Sc3nnc(C)n3-c3ccn(C)n3)nc2C(N)=O)cc1. The molecule has 0 saturated heterocycles. The van der Waals surface area contributed by atoms with Crippen LogP contribution in [-0.2, 0) is 7.05 Å². The molecule has 0 radical (unpaired) electrons. The summed E-state index contributed by atoms with van der Waals surface area (Å²) in [7, 11) is 3.44. The highest BCUT2D eigenvalue weighted by atomic mass is 32.2. The third kappa shape index (κ3) is 4.54. The van der Waals surface area contributed by atoms with Crippen molar-refractivity contribution in [1.82, 2.24) is 34.5 Å². The fourth-order valence-electron chi connectivity index (χ4n) is 2.69. The summed E-state index contributed by atoms with van der Waals surface area (Å²) in [5.74, 6) is 1.44. The fraction of sp³-hybridized carbons (Fsp3) is 0.158. The Bertz CT molecular complexity index is 1240. The van der Waals surface area contributed by atoms with Crippen LogP contribution in [0.25, 0.3) is 5.82 Å². The molecule has 0 fully saturated rings. The van der Waals surface area contributed by atoms with Crippen LogP contribution >= 0.6 is 23.5 Å². The molecule has 0 spiro atoms. The van der Waals surface area contributed by atoms with E-state index in [4.69, 9.17) is 10.5 Å². The first kappa shape index (κ1) is 20.9. The zero-order chi connectivity index (χ0) is 22.0. The summed E-state index contributed by atoms with van der Waals surface area (Å²) in [6.07, 6.45) is 3.41. The molecule has 4 rings (SSSR count). The van der Waals surface area contributed by atoms with Gasteiger partial charge in [-0.05, 0) is 43.0 Å². The van der Waals surface area contributed by atoms with Crippen molar-refractivity contribution in [2.45, 2.75) is 27.0 Å². The summed E-state index contributed by atoms with van der Waals surface area (Å²) < 4.78 is 8.66. The first-order chi connectivity index (χ1) is 14.9. The minimum absolute atomic E-state index is 0.0893. The Morgan fingerprint density at radius 3 is 2.55 bits per heavy atom. The third-order valence-corrected chi connectivity index (χ3v) is 6.00. The predicted molar refractivity (Wildman–Crippen MR) is 115 cm³/mol. The number of nitrogens with two attached hydrogens (primary N) is 1. The van der Waals surface area contributed by atoms with E-state index in [1.165, 1.54) is 23.5 Å². The molecule has 0 bridgehead atoms. The van der Waals surface area contributed by atoms with E-state index in [0.717, 1.165) is 10.6 Å². The van der Waals surface area contributed by atoms with E-state index in [1.807, 2.05) is 50.5 Å². The molecule has 1 amide bonds. The fourth-order valence-corrected chi connectivity index (χ4v) is 4.36. The van der Waals surface area contributed by atoms with E-state index in [1.54, 1.807) is 22.6 Å². The average molecular weight is 455 g/mol. The van der Waals surface area contributed by atoms with Crippen LogP contribution in [0.5, 0.6) is 5.75 Å². The van der Waals surface area contributed by atoms with Gasteiger partial charge in [-0.15, -0.1) is 10.2 Å². The van der Waals surface area contributed by atoms with Gasteiger partial charge in [-0.25, -0.2) is 9.97 Å². The Morgan fingerprint density at radius 2 is 1.90 bits per heavy atom. The largest absolute Gasteiger partial charge is 0.497 e. The lowest BCUT2D eigenvalue weighted by molar-refractivity contribution is 0.0991. The highest BCUT2D eigenvalue weighted by Crippen LogP contribution is 2.32. The van der Waals surface area contributed by atoms with Gasteiger partial charge < -0.3 is 10.5 Å². The number of hydrogen-bond donors (Lipinski definition) is 1. The van der Waals surface area contributed by atoms with Gasteiger partial charge in [0.05, 0.1) is 13.3 Å². The number of amides is 1. The molecular weight excluding hydrogens is 436 g/mol. The molecule has 0 aliphatic carbocycles. The molecule has 31 heavy (non-hydrogen) atoms. The molecule has 0 atom stereocenters. The molecule has 12 heteroatoms. The molecule has 3 heterocycles. The van der Waals surface area contributed by atoms with Gasteiger partial charge in [0, 0.05) is 24.2 Å². The van der Waals surface area contributed by atoms with Gasteiger partial charge >= 0.3 is 0 Å². The highest BCUT2D eigenvalue weighted by Gasteiger charge is 2.19. The molecule has 0 aliphatic rings. The van der Waals surface area contributed by atoms with Gasteiger partial charge in [0.1, 0.15) is 21.6 Å². The summed E-state index contributed by atoms with van der Waals surface area (Å²) in [5, 5.41) is 14.2. The summed E-state index contributed by atoms with van der Waals surface area (Å²) in [6.45, 7) is 1.83. The van der Waals surface area contributed by atoms with Crippen molar-refractivity contribution in [2.24, 2.45) is 12.8 Å². The number of aromatic nitrogens is 7. The van der Waals surface area contributed by atoms with Gasteiger partial charge in [0.2, 0.25) is 5.16 Å². The van der Waals surface area contributed by atoms with Crippen molar-refractivity contribution in [3.8, 4) is 11.6 Å². The molecule has 0 unspecified atom stereocenters. The van der Waals surface area contributed by atoms with Gasteiger partial charge in [0.15, 0.2) is 11.5 Å². The van der Waals surface area contributed by atoms with Crippen LogP contribution < -0.4 is 10.5 Å². The molecule has 158 valence electrons. The van der Waals surface area contributed by atoms with Crippen LogP contribution in [0.15, 0.2) is 62.8 Å². The van der Waals surface area contributed by atoms with Crippen molar-refractivity contribution in [1.29, 1.82) is 0 Å². The number of ether oxygens (including phenoxy) is 1. The first-order valence-electron chi connectivity index (χ1n) is 9.03. The Kier molecular flexibility index (Phi) is 5.91. The zero-order valence-electron chi connectivity index (χ0n) is 16.9. The van der Waals surface area contributed by atoms with Crippen molar-refractivity contribution in [3.63, 3.8) is 0 Å². The van der Waals surface area contributed by atoms with E-state index in [-0.39, 0.29) is 5.69 Å². The second kappa shape index (κ2) is 8.78. The molecule has 1 aromatic carbocycles. The van der Waals surface area contributed by atoms with Crippen LogP contribution in [0.1, 0.15) is 16.3 Å². The van der Waals surface area contributed by atoms with Gasteiger partial charge in [0.25, 0.3) is 5.91 Å². The smallest absolute Gasteiger partial charge is 0.270 e. The standard InChI is InChI=1S/C19H18N8O2S2/c1-11-23-24-19(27(11)14-8-9-26(2)25-14)31-15-10-21-18(16(22-15)17(20)28)30-13-6-4-12(29-3)5-7-13/h4-10H,1-3H3,(H2,20,28). The lowest BCUT2D eigenvalue weighted by atomic mass is 10.3. The topological polar surface area (TPSA) is 127 Å². The Labute approximate surface area is 186 Å². The number of rotatable bonds is 7. The third-order valence-electron chi connectivity index (χ3n) is 4.14. The Balaban J connectivity index is 1.62. The van der Waals surface area contributed by atoms with E-state index in [2.05, 4.69) is 25.3 Å². The zero-order valence-corrected chi connectivity index (χ0v) is 18.5. The lowest BCUT2D eigenvalue weighted by Crippen LogP contribution is -2.15. The molecule has 2 N–H and O–H groups in total. The predicted octanol–water partition coefficient (Wildman–Crippen LogP) is 2.51. The molecule has 10 nitrogen and oxygen atoms in total. The first-order valence-corrected chi connectivity index (χ1v) is 10.7. The second-order valence-corrected chi connectivity index (χ2v) is 8.37. The number of carbonyl (C=O) groups is 1. The van der Waals surface area contributed by atoms with E-state index < -0.39 is 5.91 Å². The molecule has 4 aromatic rings. The minimum Gasteiger partial charge on any atom is -0.497 e. The normalized spacial score (nSPS) is 10.9. The maximum atomic E-state index is 12.0. The summed E-state index contributed by atoms with van der Waals surface area (Å²) in [5.41, 5.74) is 5.66. The van der Waals surface area contributed by atoms with Crippen molar-refractivity contribution in [3.05, 3.63) is 54.2 Å². The number of methoxy groups -OCH3 is 1. The Hall–Kier alpha value is -3.38. The van der Waals surface area contributed by atoms with Crippen LogP contribution in [-0.4, -0.2) is 47.5 Å². The van der Waals surface area contributed by atoms with Crippen LogP contribution in [0.2, 0.25) is 0 Å². The molecule has 0 aliphatic heterocycles. The number of aryl methyl sites for hydroxylation is 2. The number of hydrogen-bond acceptors (Lipinski definition) is 9. The maximum absolute atomic E-state index is 12.0. The maximum Gasteiger partial charge on any atom is 0.270 e. The summed E-state index contributed by atoms with van der Waals surface area (Å²) in [4.78, 5) is 21.8. The van der Waals surface area contributed by atoms with Gasteiger partial charge in [-0.3, -0.25) is 14.0 Å².